The lowest BCUT2D eigenvalue weighted by molar-refractivity contribution is -0.0125. The number of carbonyl (C=O) groups is 2. The van der Waals surface area contributed by atoms with Crippen LogP contribution in [0.5, 0.6) is 0 Å². The molecule has 6 heteroatoms. The third kappa shape index (κ3) is 2.30. The number of carbonyl (C=O) groups excluding carboxylic acids is 2. The smallest absolute Gasteiger partial charge is 0.341 e. The summed E-state index contributed by atoms with van der Waals surface area (Å²) in [6, 6.07) is 1.49. The van der Waals surface area contributed by atoms with Gasteiger partial charge in [0, 0.05) is 7.11 Å². The minimum absolute atomic E-state index is 0.146. The molecule has 0 aliphatic rings. The first-order valence-corrected chi connectivity index (χ1v) is 4.58. The van der Waals surface area contributed by atoms with Crippen LogP contribution in [-0.2, 0) is 9.47 Å². The largest absolute Gasteiger partial charge is 0.435 e. The van der Waals surface area contributed by atoms with Gasteiger partial charge in [0.25, 0.3) is 5.91 Å². The molecule has 0 unspecified atom stereocenters. The molecule has 76 valence electrons. The molecule has 0 radical (unpaired) electrons. The van der Waals surface area contributed by atoms with Crippen molar-refractivity contribution in [3.8, 4) is 0 Å². The molecule has 1 aromatic heterocycles. The SMILES string of the molecule is COCOC(=O)c1ccsc1C(N)=O. The first-order chi connectivity index (χ1) is 6.66. The highest BCUT2D eigenvalue weighted by Crippen LogP contribution is 2.16. The summed E-state index contributed by atoms with van der Waals surface area (Å²) < 4.78 is 9.22. The van der Waals surface area contributed by atoms with Crippen molar-refractivity contribution in [1.29, 1.82) is 0 Å². The normalized spacial score (nSPS) is 9.79. The molecule has 0 saturated carbocycles. The molecule has 0 saturated heterocycles. The van der Waals surface area contributed by atoms with E-state index in [-0.39, 0.29) is 17.2 Å². The van der Waals surface area contributed by atoms with Crippen LogP contribution in [0, 0.1) is 0 Å². The van der Waals surface area contributed by atoms with Gasteiger partial charge in [0.15, 0.2) is 6.79 Å². The van der Waals surface area contributed by atoms with Crippen LogP contribution in [0.2, 0.25) is 0 Å². The lowest BCUT2D eigenvalue weighted by Crippen LogP contribution is -2.15. The maximum atomic E-state index is 11.3. The van der Waals surface area contributed by atoms with Crippen LogP contribution in [0.25, 0.3) is 0 Å². The Balaban J connectivity index is 2.79. The van der Waals surface area contributed by atoms with Crippen molar-refractivity contribution in [3.05, 3.63) is 21.9 Å². The van der Waals surface area contributed by atoms with Crippen LogP contribution in [0.4, 0.5) is 0 Å². The Bertz CT molecular complexity index is 347. The molecule has 0 aliphatic heterocycles. The second kappa shape index (κ2) is 4.73. The summed E-state index contributed by atoms with van der Waals surface area (Å²) in [6.07, 6.45) is 0. The van der Waals surface area contributed by atoms with Crippen LogP contribution in [0.1, 0.15) is 20.0 Å². The van der Waals surface area contributed by atoms with Gasteiger partial charge in [-0.2, -0.15) is 0 Å². The van der Waals surface area contributed by atoms with E-state index in [1.807, 2.05) is 0 Å². The predicted molar refractivity (Wildman–Crippen MR) is 50.1 cm³/mol. The van der Waals surface area contributed by atoms with Gasteiger partial charge in [-0.1, -0.05) is 0 Å². The number of rotatable bonds is 4. The number of ether oxygens (including phenoxy) is 2. The number of thiophene rings is 1. The molecule has 0 atom stereocenters. The third-order valence-corrected chi connectivity index (χ3v) is 2.35. The maximum Gasteiger partial charge on any atom is 0.341 e. The van der Waals surface area contributed by atoms with Gasteiger partial charge in [-0.15, -0.1) is 11.3 Å². The average Bonchev–Trinajstić information content (AvgIpc) is 2.62. The lowest BCUT2D eigenvalue weighted by atomic mass is 10.2. The third-order valence-electron chi connectivity index (χ3n) is 1.42. The number of hydrogen-bond acceptors (Lipinski definition) is 5. The molecular weight excluding hydrogens is 206 g/mol. The van der Waals surface area contributed by atoms with Crippen LogP contribution in [-0.4, -0.2) is 25.8 Å². The number of esters is 1. The number of methoxy groups -OCH3 is 1. The summed E-state index contributed by atoms with van der Waals surface area (Å²) in [6.45, 7) is -0.146. The summed E-state index contributed by atoms with van der Waals surface area (Å²) in [7, 11) is 1.40. The fourth-order valence-electron chi connectivity index (χ4n) is 0.851. The number of amides is 1. The summed E-state index contributed by atoms with van der Waals surface area (Å²) in [5.74, 6) is -1.24. The second-order valence-electron chi connectivity index (χ2n) is 2.37. The van der Waals surface area contributed by atoms with Crippen molar-refractivity contribution in [3.63, 3.8) is 0 Å². The van der Waals surface area contributed by atoms with Crippen molar-refractivity contribution in [2.24, 2.45) is 5.73 Å². The van der Waals surface area contributed by atoms with Crippen molar-refractivity contribution < 1.29 is 19.1 Å². The molecule has 1 heterocycles. The van der Waals surface area contributed by atoms with E-state index in [1.165, 1.54) is 13.2 Å². The highest BCUT2D eigenvalue weighted by atomic mass is 32.1. The molecule has 1 rings (SSSR count). The van der Waals surface area contributed by atoms with E-state index < -0.39 is 11.9 Å². The second-order valence-corrected chi connectivity index (χ2v) is 3.28. The zero-order valence-corrected chi connectivity index (χ0v) is 8.30. The Labute approximate surface area is 84.4 Å². The number of nitrogens with two attached hydrogens (primary N) is 1. The van der Waals surface area contributed by atoms with Gasteiger partial charge in [-0.3, -0.25) is 4.79 Å². The first kappa shape index (κ1) is 10.7. The van der Waals surface area contributed by atoms with Crippen LogP contribution in [0.15, 0.2) is 11.4 Å². The summed E-state index contributed by atoms with van der Waals surface area (Å²) in [5.41, 5.74) is 5.24. The summed E-state index contributed by atoms with van der Waals surface area (Å²) >= 11 is 1.10. The zero-order chi connectivity index (χ0) is 10.6. The topological polar surface area (TPSA) is 78.6 Å². The number of hydrogen-bond donors (Lipinski definition) is 1. The van der Waals surface area contributed by atoms with E-state index >= 15 is 0 Å². The molecule has 0 aromatic carbocycles. The van der Waals surface area contributed by atoms with Crippen LogP contribution in [0.3, 0.4) is 0 Å². The molecule has 0 fully saturated rings. The van der Waals surface area contributed by atoms with Crippen molar-refractivity contribution in [2.75, 3.05) is 13.9 Å². The minimum Gasteiger partial charge on any atom is -0.435 e. The monoisotopic (exact) mass is 215 g/mol. The van der Waals surface area contributed by atoms with E-state index in [9.17, 15) is 9.59 Å². The van der Waals surface area contributed by atoms with Gasteiger partial charge in [0.05, 0.1) is 5.56 Å². The molecule has 1 amide bonds. The first-order valence-electron chi connectivity index (χ1n) is 3.70. The van der Waals surface area contributed by atoms with Gasteiger partial charge in [0.1, 0.15) is 4.88 Å². The van der Waals surface area contributed by atoms with Gasteiger partial charge in [-0.05, 0) is 11.4 Å². The summed E-state index contributed by atoms with van der Waals surface area (Å²) in [5, 5.41) is 1.60. The van der Waals surface area contributed by atoms with Gasteiger partial charge < -0.3 is 15.2 Å². The fraction of sp³-hybridized carbons (Fsp3) is 0.250. The number of primary amides is 1. The van der Waals surface area contributed by atoms with E-state index in [1.54, 1.807) is 5.38 Å². The fourth-order valence-corrected chi connectivity index (χ4v) is 1.59. The van der Waals surface area contributed by atoms with Crippen molar-refractivity contribution >= 4 is 23.2 Å². The van der Waals surface area contributed by atoms with Gasteiger partial charge in [-0.25, -0.2) is 4.79 Å². The van der Waals surface area contributed by atoms with E-state index in [0.717, 1.165) is 11.3 Å². The van der Waals surface area contributed by atoms with Crippen molar-refractivity contribution in [2.45, 2.75) is 0 Å². The highest BCUT2D eigenvalue weighted by molar-refractivity contribution is 7.12. The molecule has 2 N–H and O–H groups in total. The van der Waals surface area contributed by atoms with E-state index in [0.29, 0.717) is 0 Å². The molecular formula is C8H9NO4S. The standard InChI is InChI=1S/C8H9NO4S/c1-12-4-13-8(11)5-2-3-14-6(5)7(9)10/h2-3H,4H2,1H3,(H2,9,10). The lowest BCUT2D eigenvalue weighted by Gasteiger charge is -2.01. The Morgan fingerprint density at radius 2 is 2.29 bits per heavy atom. The minimum atomic E-state index is -0.635. The van der Waals surface area contributed by atoms with Gasteiger partial charge in [0.2, 0.25) is 0 Å². The molecule has 0 aliphatic carbocycles. The Morgan fingerprint density at radius 3 is 2.86 bits per heavy atom. The molecule has 0 spiro atoms. The summed E-state index contributed by atoms with van der Waals surface area (Å²) in [4.78, 5) is 22.3. The average molecular weight is 215 g/mol. The van der Waals surface area contributed by atoms with E-state index in [4.69, 9.17) is 5.73 Å². The molecule has 5 nitrogen and oxygen atoms in total. The maximum absolute atomic E-state index is 11.3. The van der Waals surface area contributed by atoms with Crippen LogP contribution < -0.4 is 5.73 Å². The van der Waals surface area contributed by atoms with Crippen molar-refractivity contribution in [1.82, 2.24) is 0 Å². The van der Waals surface area contributed by atoms with Crippen LogP contribution >= 0.6 is 11.3 Å². The quantitative estimate of drug-likeness (QED) is 0.589. The molecule has 1 aromatic rings. The highest BCUT2D eigenvalue weighted by Gasteiger charge is 2.17. The zero-order valence-electron chi connectivity index (χ0n) is 7.48. The van der Waals surface area contributed by atoms with Gasteiger partial charge >= 0.3 is 5.97 Å². The Kier molecular flexibility index (Phi) is 3.61. The molecule has 14 heavy (non-hydrogen) atoms. The Hall–Kier alpha value is -1.40. The Morgan fingerprint density at radius 1 is 1.57 bits per heavy atom. The molecule has 0 bridgehead atoms. The van der Waals surface area contributed by atoms with E-state index in [2.05, 4.69) is 9.47 Å². The predicted octanol–water partition coefficient (Wildman–Crippen LogP) is 0.608.